The first-order chi connectivity index (χ1) is 19.6. The van der Waals surface area contributed by atoms with Crippen LogP contribution in [0, 0.1) is 23.7 Å². The zero-order valence-corrected chi connectivity index (χ0v) is 25.8. The summed E-state index contributed by atoms with van der Waals surface area (Å²) in [4.78, 5) is 61.5. The highest BCUT2D eigenvalue weighted by Crippen LogP contribution is 2.28. The molecule has 1 aromatic carbocycles. The van der Waals surface area contributed by atoms with Gasteiger partial charge in [-0.3, -0.25) is 9.59 Å². The Morgan fingerprint density at radius 1 is 0.714 bits per heavy atom. The maximum Gasteiger partial charge on any atom is 0.410 e. The number of esters is 2. The number of benzene rings is 1. The molecule has 2 amide bonds. The van der Waals surface area contributed by atoms with Crippen molar-refractivity contribution in [3.05, 3.63) is 42.0 Å². The van der Waals surface area contributed by atoms with Gasteiger partial charge in [0.1, 0.15) is 17.5 Å². The second kappa shape index (κ2) is 14.8. The van der Waals surface area contributed by atoms with E-state index in [0.717, 1.165) is 5.56 Å². The van der Waals surface area contributed by atoms with E-state index in [1.165, 1.54) is 19.1 Å². The van der Waals surface area contributed by atoms with Crippen molar-refractivity contribution in [1.29, 1.82) is 0 Å². The normalized spacial score (nSPS) is 22.2. The van der Waals surface area contributed by atoms with Crippen molar-refractivity contribution < 1.29 is 42.9 Å². The standard InChI is InChI=1S/C19H25NO4.C12H19NO5/c1-19(2,3)24-18(22)20-12-15(16(13-20)17(21)23-4)11-10-14-8-6-5-7-9-14;1-12(2,3)18-11(16)13-5-8(7-14)9(6-13)10(15)17-4/h5-11,15-16H,12-13H2,1-4H3;7-9H,5-6H2,1-4H3/t15-,16-;8-,9+/m01/s1. The molecule has 1 aromatic rings. The molecule has 0 bridgehead atoms. The minimum absolute atomic E-state index is 0.0924. The van der Waals surface area contributed by atoms with Gasteiger partial charge in [-0.1, -0.05) is 42.5 Å². The van der Waals surface area contributed by atoms with Crippen molar-refractivity contribution >= 4 is 36.5 Å². The van der Waals surface area contributed by atoms with E-state index in [0.29, 0.717) is 19.4 Å². The highest BCUT2D eigenvalue weighted by atomic mass is 16.6. The van der Waals surface area contributed by atoms with Crippen molar-refractivity contribution in [3.8, 4) is 0 Å². The lowest BCUT2D eigenvalue weighted by atomic mass is 9.95. The van der Waals surface area contributed by atoms with Gasteiger partial charge >= 0.3 is 24.1 Å². The second-order valence-electron chi connectivity index (χ2n) is 12.3. The Morgan fingerprint density at radius 2 is 1.14 bits per heavy atom. The van der Waals surface area contributed by atoms with Crippen molar-refractivity contribution in [2.24, 2.45) is 23.7 Å². The molecule has 2 saturated heterocycles. The molecule has 0 spiro atoms. The van der Waals surface area contributed by atoms with Gasteiger partial charge in [0.25, 0.3) is 0 Å². The first-order valence-electron chi connectivity index (χ1n) is 13.9. The summed E-state index contributed by atoms with van der Waals surface area (Å²) in [6, 6.07) is 9.85. The summed E-state index contributed by atoms with van der Waals surface area (Å²) in [6.45, 7) is 11.9. The third kappa shape index (κ3) is 10.5. The van der Waals surface area contributed by atoms with Crippen LogP contribution in [0.1, 0.15) is 47.1 Å². The number of hydrogen-bond acceptors (Lipinski definition) is 9. The van der Waals surface area contributed by atoms with Crippen LogP contribution < -0.4 is 0 Å². The number of aldehydes is 1. The molecule has 0 aromatic heterocycles. The van der Waals surface area contributed by atoms with Crippen LogP contribution in [0.15, 0.2) is 36.4 Å². The molecule has 0 unspecified atom stereocenters. The number of methoxy groups -OCH3 is 2. The number of carbonyl (C=O) groups excluding carboxylic acids is 5. The lowest BCUT2D eigenvalue weighted by molar-refractivity contribution is -0.147. The number of carbonyl (C=O) groups is 5. The summed E-state index contributed by atoms with van der Waals surface area (Å²) in [5.74, 6) is -2.36. The molecule has 0 saturated carbocycles. The fraction of sp³-hybridized carbons (Fsp3) is 0.581. The van der Waals surface area contributed by atoms with Gasteiger partial charge < -0.3 is 33.5 Å². The SMILES string of the molecule is COC(=O)[C@H]1CN(C(=O)OC(C)(C)C)C[C@@H]1C=Cc1ccccc1.COC(=O)[C@H]1CN(C(=O)OC(C)(C)C)C[C@@H]1C=O. The van der Waals surface area contributed by atoms with Crippen LogP contribution in [0.4, 0.5) is 9.59 Å². The molecule has 2 aliphatic rings. The average Bonchev–Trinajstić information content (AvgIpc) is 3.55. The summed E-state index contributed by atoms with van der Waals surface area (Å²) in [5, 5.41) is 0. The highest BCUT2D eigenvalue weighted by molar-refractivity contribution is 5.80. The minimum Gasteiger partial charge on any atom is -0.469 e. The van der Waals surface area contributed by atoms with Gasteiger partial charge in [-0.25, -0.2) is 9.59 Å². The molecule has 4 atom stereocenters. The Kier molecular flexibility index (Phi) is 12.1. The smallest absolute Gasteiger partial charge is 0.410 e. The van der Waals surface area contributed by atoms with E-state index in [2.05, 4.69) is 4.74 Å². The molecule has 0 radical (unpaired) electrons. The number of hydrogen-bond donors (Lipinski definition) is 0. The van der Waals surface area contributed by atoms with Gasteiger partial charge in [-0.05, 0) is 47.1 Å². The van der Waals surface area contributed by atoms with Crippen molar-refractivity contribution in [1.82, 2.24) is 9.80 Å². The van der Waals surface area contributed by atoms with E-state index in [4.69, 9.17) is 14.2 Å². The van der Waals surface area contributed by atoms with Crippen LogP contribution >= 0.6 is 0 Å². The second-order valence-corrected chi connectivity index (χ2v) is 12.3. The van der Waals surface area contributed by atoms with Gasteiger partial charge in [0.05, 0.1) is 26.1 Å². The molecular weight excluding hydrogens is 544 g/mol. The number of amides is 2. The summed E-state index contributed by atoms with van der Waals surface area (Å²) >= 11 is 0. The zero-order valence-electron chi connectivity index (χ0n) is 25.8. The predicted octanol–water partition coefficient (Wildman–Crippen LogP) is 4.20. The number of ether oxygens (including phenoxy) is 4. The van der Waals surface area contributed by atoms with E-state index in [9.17, 15) is 24.0 Å². The quantitative estimate of drug-likeness (QED) is 0.282. The van der Waals surface area contributed by atoms with Crippen LogP contribution in [-0.4, -0.2) is 91.8 Å². The lowest BCUT2D eigenvalue weighted by Gasteiger charge is -2.24. The van der Waals surface area contributed by atoms with Crippen LogP contribution in [0.3, 0.4) is 0 Å². The van der Waals surface area contributed by atoms with Gasteiger partial charge in [-0.15, -0.1) is 0 Å². The van der Waals surface area contributed by atoms with Crippen LogP contribution in [0.2, 0.25) is 0 Å². The van der Waals surface area contributed by atoms with Crippen molar-refractivity contribution in [3.63, 3.8) is 0 Å². The third-order valence-electron chi connectivity index (χ3n) is 6.55. The topological polar surface area (TPSA) is 129 Å². The summed E-state index contributed by atoms with van der Waals surface area (Å²) < 4.78 is 20.1. The number of nitrogens with zero attached hydrogens (tertiary/aromatic N) is 2. The van der Waals surface area contributed by atoms with Crippen molar-refractivity contribution in [2.75, 3.05) is 40.4 Å². The molecule has 0 aliphatic carbocycles. The van der Waals surface area contributed by atoms with E-state index in [1.54, 1.807) is 25.7 Å². The van der Waals surface area contributed by atoms with Gasteiger partial charge in [0.15, 0.2) is 0 Å². The molecule has 2 aliphatic heterocycles. The summed E-state index contributed by atoms with van der Waals surface area (Å²) in [5.41, 5.74) is -0.107. The maximum atomic E-state index is 12.3. The summed E-state index contributed by atoms with van der Waals surface area (Å²) in [6.07, 6.45) is 3.72. The Hall–Kier alpha value is -3.89. The largest absolute Gasteiger partial charge is 0.469 e. The molecule has 2 fully saturated rings. The zero-order chi connectivity index (χ0) is 31.7. The Morgan fingerprint density at radius 3 is 1.55 bits per heavy atom. The van der Waals surface area contributed by atoms with Gasteiger partial charge in [-0.2, -0.15) is 0 Å². The third-order valence-corrected chi connectivity index (χ3v) is 6.55. The van der Waals surface area contributed by atoms with Gasteiger partial charge in [0, 0.05) is 38.0 Å². The molecule has 2 heterocycles. The molecule has 0 N–H and O–H groups in total. The molecule has 11 nitrogen and oxygen atoms in total. The number of rotatable bonds is 5. The van der Waals surface area contributed by atoms with E-state index in [1.807, 2.05) is 63.3 Å². The van der Waals surface area contributed by atoms with E-state index in [-0.39, 0.29) is 30.9 Å². The van der Waals surface area contributed by atoms with Crippen LogP contribution in [-0.2, 0) is 33.3 Å². The number of likely N-dealkylation sites (tertiary alicyclic amines) is 2. The monoisotopic (exact) mass is 588 g/mol. The van der Waals surface area contributed by atoms with Crippen LogP contribution in [0.25, 0.3) is 6.08 Å². The molecule has 42 heavy (non-hydrogen) atoms. The van der Waals surface area contributed by atoms with Gasteiger partial charge in [0.2, 0.25) is 0 Å². The molecule has 232 valence electrons. The minimum atomic E-state index is -0.600. The first-order valence-corrected chi connectivity index (χ1v) is 13.9. The maximum absolute atomic E-state index is 12.3. The highest BCUT2D eigenvalue weighted by Gasteiger charge is 2.42. The summed E-state index contributed by atoms with van der Waals surface area (Å²) in [7, 11) is 2.64. The van der Waals surface area contributed by atoms with Crippen molar-refractivity contribution in [2.45, 2.75) is 52.7 Å². The van der Waals surface area contributed by atoms with Crippen LogP contribution in [0.5, 0.6) is 0 Å². The first kappa shape index (κ1) is 34.3. The lowest BCUT2D eigenvalue weighted by Crippen LogP contribution is -2.36. The fourth-order valence-corrected chi connectivity index (χ4v) is 4.54. The van der Waals surface area contributed by atoms with E-state index < -0.39 is 41.2 Å². The Balaban J connectivity index is 0.000000307. The molecule has 11 heteroatoms. The Bertz CT molecular complexity index is 1120. The Labute approximate surface area is 248 Å². The van der Waals surface area contributed by atoms with E-state index >= 15 is 0 Å². The average molecular weight is 589 g/mol. The fourth-order valence-electron chi connectivity index (χ4n) is 4.54. The molecular formula is C31H44N2O9. The predicted molar refractivity (Wildman–Crippen MR) is 155 cm³/mol. The molecule has 3 rings (SSSR count).